The number of esters is 1. The van der Waals surface area contributed by atoms with Gasteiger partial charge in [-0.15, -0.1) is 0 Å². The van der Waals surface area contributed by atoms with Crippen LogP contribution in [-0.2, 0) is 14.3 Å². The molecule has 0 aromatic rings. The first-order valence-electron chi connectivity index (χ1n) is 7.46. The number of ketones is 1. The molecule has 1 rings (SSSR count). The molecule has 1 fully saturated rings. The van der Waals surface area contributed by atoms with Gasteiger partial charge in [-0.2, -0.15) is 0 Å². The largest absolute Gasteiger partial charge is 0.465 e. The molecular formula is C16H30O3. The summed E-state index contributed by atoms with van der Waals surface area (Å²) in [4.78, 5) is 21.6. The van der Waals surface area contributed by atoms with Crippen molar-refractivity contribution in [3.63, 3.8) is 0 Å². The van der Waals surface area contributed by atoms with Crippen molar-refractivity contribution < 1.29 is 14.3 Å². The number of carbonyl (C=O) groups excluding carboxylic acids is 2. The van der Waals surface area contributed by atoms with E-state index < -0.39 is 0 Å². The van der Waals surface area contributed by atoms with Crippen molar-refractivity contribution in [2.75, 3.05) is 6.61 Å². The molecule has 0 unspecified atom stereocenters. The van der Waals surface area contributed by atoms with Crippen molar-refractivity contribution >= 4 is 11.8 Å². The predicted molar refractivity (Wildman–Crippen MR) is 78.0 cm³/mol. The molecule has 0 aromatic carbocycles. The third kappa shape index (κ3) is 15.1. The third-order valence-electron chi connectivity index (χ3n) is 2.85. The molecule has 3 nitrogen and oxygen atoms in total. The SMILES string of the molecule is C1CCCCC1.CC(=O)CCC(=O)OCC(C)(C)C. The molecule has 1 saturated carbocycles. The summed E-state index contributed by atoms with van der Waals surface area (Å²) in [6, 6.07) is 0. The number of ether oxygens (including phenoxy) is 1. The van der Waals surface area contributed by atoms with Crippen LogP contribution in [-0.4, -0.2) is 18.4 Å². The molecule has 0 aliphatic heterocycles. The van der Waals surface area contributed by atoms with Gasteiger partial charge >= 0.3 is 5.97 Å². The minimum atomic E-state index is -0.287. The van der Waals surface area contributed by atoms with Gasteiger partial charge in [-0.05, 0) is 12.3 Å². The third-order valence-corrected chi connectivity index (χ3v) is 2.85. The van der Waals surface area contributed by atoms with Crippen LogP contribution in [0, 0.1) is 5.41 Å². The van der Waals surface area contributed by atoms with Crippen LogP contribution in [0.2, 0.25) is 0 Å². The topological polar surface area (TPSA) is 43.4 Å². The van der Waals surface area contributed by atoms with E-state index in [-0.39, 0.29) is 30.0 Å². The molecule has 0 amide bonds. The zero-order valence-electron chi connectivity index (χ0n) is 13.1. The molecule has 3 heteroatoms. The van der Waals surface area contributed by atoms with Gasteiger partial charge in [0.25, 0.3) is 0 Å². The minimum absolute atomic E-state index is 0.00805. The lowest BCUT2D eigenvalue weighted by atomic mass is 9.99. The lowest BCUT2D eigenvalue weighted by molar-refractivity contribution is -0.147. The fourth-order valence-electron chi connectivity index (χ4n) is 1.71. The molecule has 0 saturated heterocycles. The first-order chi connectivity index (χ1) is 8.81. The summed E-state index contributed by atoms with van der Waals surface area (Å²) in [5.74, 6) is -0.266. The van der Waals surface area contributed by atoms with E-state index in [0.29, 0.717) is 6.61 Å². The second kappa shape index (κ2) is 9.99. The number of Topliss-reactive ketones (excluding diaryl/α,β-unsaturated/α-hetero) is 1. The Bertz CT molecular complexity index is 248. The van der Waals surface area contributed by atoms with Gasteiger partial charge in [-0.3, -0.25) is 4.79 Å². The Morgan fingerprint density at radius 2 is 1.32 bits per heavy atom. The van der Waals surface area contributed by atoms with Crippen molar-refractivity contribution in [1.82, 2.24) is 0 Å². The quantitative estimate of drug-likeness (QED) is 0.716. The van der Waals surface area contributed by atoms with Crippen molar-refractivity contribution in [3.05, 3.63) is 0 Å². The fourth-order valence-corrected chi connectivity index (χ4v) is 1.71. The first kappa shape index (κ1) is 18.1. The lowest BCUT2D eigenvalue weighted by Gasteiger charge is -2.17. The Labute approximate surface area is 118 Å². The molecule has 0 radical (unpaired) electrons. The van der Waals surface area contributed by atoms with Gasteiger partial charge < -0.3 is 9.53 Å². The van der Waals surface area contributed by atoms with Gasteiger partial charge in [-0.25, -0.2) is 0 Å². The van der Waals surface area contributed by atoms with Gasteiger partial charge in [0.15, 0.2) is 0 Å². The van der Waals surface area contributed by atoms with Gasteiger partial charge in [-0.1, -0.05) is 59.3 Å². The second-order valence-electron chi connectivity index (χ2n) is 6.54. The Morgan fingerprint density at radius 1 is 0.895 bits per heavy atom. The van der Waals surface area contributed by atoms with Gasteiger partial charge in [0.2, 0.25) is 0 Å². The average molecular weight is 270 g/mol. The van der Waals surface area contributed by atoms with E-state index in [2.05, 4.69) is 0 Å². The monoisotopic (exact) mass is 270 g/mol. The Balaban J connectivity index is 0.000000443. The van der Waals surface area contributed by atoms with Crippen LogP contribution in [0.1, 0.15) is 79.1 Å². The molecule has 1 aliphatic carbocycles. The highest BCUT2D eigenvalue weighted by molar-refractivity contribution is 5.80. The Morgan fingerprint density at radius 3 is 1.63 bits per heavy atom. The van der Waals surface area contributed by atoms with E-state index in [1.807, 2.05) is 20.8 Å². The van der Waals surface area contributed by atoms with E-state index in [4.69, 9.17) is 4.74 Å². The Hall–Kier alpha value is -0.860. The minimum Gasteiger partial charge on any atom is -0.465 e. The maximum atomic E-state index is 11.0. The van der Waals surface area contributed by atoms with Gasteiger partial charge in [0.05, 0.1) is 13.0 Å². The van der Waals surface area contributed by atoms with Crippen LogP contribution in [0.5, 0.6) is 0 Å². The van der Waals surface area contributed by atoms with Gasteiger partial charge in [0, 0.05) is 6.42 Å². The molecule has 0 aromatic heterocycles. The van der Waals surface area contributed by atoms with E-state index >= 15 is 0 Å². The maximum Gasteiger partial charge on any atom is 0.306 e. The summed E-state index contributed by atoms with van der Waals surface area (Å²) in [6.07, 6.45) is 9.48. The number of hydrogen-bond acceptors (Lipinski definition) is 3. The molecule has 0 atom stereocenters. The first-order valence-corrected chi connectivity index (χ1v) is 7.46. The highest BCUT2D eigenvalue weighted by Gasteiger charge is 2.13. The van der Waals surface area contributed by atoms with Crippen LogP contribution in [0.3, 0.4) is 0 Å². The molecular weight excluding hydrogens is 240 g/mol. The normalized spacial score (nSPS) is 15.2. The summed E-state index contributed by atoms with van der Waals surface area (Å²) in [7, 11) is 0. The molecule has 0 N–H and O–H groups in total. The summed E-state index contributed by atoms with van der Waals surface area (Å²) >= 11 is 0. The molecule has 0 heterocycles. The van der Waals surface area contributed by atoms with Crippen molar-refractivity contribution in [1.29, 1.82) is 0 Å². The fraction of sp³-hybridized carbons (Fsp3) is 0.875. The van der Waals surface area contributed by atoms with Crippen LogP contribution in [0.4, 0.5) is 0 Å². The lowest BCUT2D eigenvalue weighted by Crippen LogP contribution is -2.18. The predicted octanol–water partition coefficient (Wildman–Crippen LogP) is 4.29. The van der Waals surface area contributed by atoms with Crippen LogP contribution >= 0.6 is 0 Å². The van der Waals surface area contributed by atoms with Crippen molar-refractivity contribution in [2.24, 2.45) is 5.41 Å². The summed E-state index contributed by atoms with van der Waals surface area (Å²) in [5, 5.41) is 0. The molecule has 0 bridgehead atoms. The van der Waals surface area contributed by atoms with Gasteiger partial charge in [0.1, 0.15) is 5.78 Å². The standard InChI is InChI=1S/C10H18O3.C6H12/c1-8(11)5-6-9(12)13-7-10(2,3)4;1-2-4-6-5-3-1/h5-7H2,1-4H3;1-6H2. The zero-order chi connectivity index (χ0) is 14.7. The summed E-state index contributed by atoms with van der Waals surface area (Å²) < 4.78 is 4.97. The molecule has 1 aliphatic rings. The zero-order valence-corrected chi connectivity index (χ0v) is 13.1. The van der Waals surface area contributed by atoms with Crippen molar-refractivity contribution in [2.45, 2.75) is 79.1 Å². The average Bonchev–Trinajstić information content (AvgIpc) is 2.36. The molecule has 0 spiro atoms. The second-order valence-corrected chi connectivity index (χ2v) is 6.54. The maximum absolute atomic E-state index is 11.0. The van der Waals surface area contributed by atoms with Crippen LogP contribution in [0.15, 0.2) is 0 Å². The smallest absolute Gasteiger partial charge is 0.306 e. The van der Waals surface area contributed by atoms with Crippen molar-refractivity contribution in [3.8, 4) is 0 Å². The summed E-state index contributed by atoms with van der Waals surface area (Å²) in [6.45, 7) is 7.85. The number of carbonyl (C=O) groups is 2. The highest BCUT2D eigenvalue weighted by atomic mass is 16.5. The van der Waals surface area contributed by atoms with E-state index in [1.165, 1.54) is 45.4 Å². The van der Waals surface area contributed by atoms with E-state index in [1.54, 1.807) is 0 Å². The van der Waals surface area contributed by atoms with Crippen LogP contribution in [0.25, 0.3) is 0 Å². The highest BCUT2D eigenvalue weighted by Crippen LogP contribution is 2.15. The van der Waals surface area contributed by atoms with E-state index in [0.717, 1.165) is 0 Å². The van der Waals surface area contributed by atoms with E-state index in [9.17, 15) is 9.59 Å². The van der Waals surface area contributed by atoms with Crippen LogP contribution < -0.4 is 0 Å². The molecule has 19 heavy (non-hydrogen) atoms. The number of hydrogen-bond donors (Lipinski definition) is 0. The number of rotatable bonds is 4. The summed E-state index contributed by atoms with van der Waals surface area (Å²) in [5.41, 5.74) is -0.00805. The Kier molecular flexibility index (Phi) is 9.54. The molecule has 112 valence electrons.